The molecule has 2 N–H and O–H groups in total. The van der Waals surface area contributed by atoms with Gasteiger partial charge >= 0.3 is 0 Å². The number of anilines is 1. The van der Waals surface area contributed by atoms with E-state index in [0.717, 1.165) is 21.3 Å². The van der Waals surface area contributed by atoms with Gasteiger partial charge in [0.1, 0.15) is 4.90 Å². The Morgan fingerprint density at radius 2 is 1.96 bits per heavy atom. The largest absolute Gasteiger partial charge is 0.275 e. The van der Waals surface area contributed by atoms with Crippen LogP contribution in [0.2, 0.25) is 0 Å². The molecule has 1 aromatic carbocycles. The number of sulfonamides is 1. The summed E-state index contributed by atoms with van der Waals surface area (Å²) in [5, 5.41) is 11.1. The Hall–Kier alpha value is -2.13. The summed E-state index contributed by atoms with van der Waals surface area (Å²) < 4.78 is 30.2. The smallest absolute Gasteiger partial charge is 0.266 e. The highest BCUT2D eigenvalue weighted by Gasteiger charge is 2.21. The molecule has 0 unspecified atom stereocenters. The SMILES string of the molecule is CCc1c(NS(=O)(=O)c2cnn(CC)c2)n[nH]c1-c1ccc(Br)cc1. The zero-order chi connectivity index (χ0) is 18.0. The Labute approximate surface area is 154 Å². The third-order valence-corrected chi connectivity index (χ3v) is 5.65. The molecule has 0 spiro atoms. The zero-order valence-electron chi connectivity index (χ0n) is 13.8. The average molecular weight is 424 g/mol. The third kappa shape index (κ3) is 3.62. The molecule has 3 rings (SSSR count). The van der Waals surface area contributed by atoms with Crippen LogP contribution in [0.25, 0.3) is 11.3 Å². The Morgan fingerprint density at radius 3 is 2.56 bits per heavy atom. The Balaban J connectivity index is 1.94. The molecule has 0 atom stereocenters. The second-order valence-corrected chi connectivity index (χ2v) is 8.02. The van der Waals surface area contributed by atoms with Gasteiger partial charge in [0.15, 0.2) is 5.82 Å². The monoisotopic (exact) mass is 423 g/mol. The van der Waals surface area contributed by atoms with Gasteiger partial charge in [-0.3, -0.25) is 14.5 Å². The van der Waals surface area contributed by atoms with E-state index in [-0.39, 0.29) is 4.90 Å². The number of halogens is 1. The van der Waals surface area contributed by atoms with Gasteiger partial charge in [-0.05, 0) is 31.0 Å². The topological polar surface area (TPSA) is 92.7 Å². The first-order valence-corrected chi connectivity index (χ1v) is 10.1. The molecule has 2 aromatic heterocycles. The van der Waals surface area contributed by atoms with Crippen molar-refractivity contribution in [3.05, 3.63) is 46.7 Å². The maximum Gasteiger partial charge on any atom is 0.266 e. The molecule has 0 fully saturated rings. The van der Waals surface area contributed by atoms with Gasteiger partial charge < -0.3 is 0 Å². The summed E-state index contributed by atoms with van der Waals surface area (Å²) in [6.45, 7) is 4.45. The van der Waals surface area contributed by atoms with Crippen LogP contribution in [0.3, 0.4) is 0 Å². The van der Waals surface area contributed by atoms with E-state index < -0.39 is 10.0 Å². The lowest BCUT2D eigenvalue weighted by Gasteiger charge is -2.06. The Kier molecular flexibility index (Phi) is 4.96. The third-order valence-electron chi connectivity index (χ3n) is 3.83. The van der Waals surface area contributed by atoms with Crippen molar-refractivity contribution in [1.29, 1.82) is 0 Å². The molecule has 0 saturated heterocycles. The average Bonchev–Trinajstić information content (AvgIpc) is 3.22. The van der Waals surface area contributed by atoms with Crippen molar-refractivity contribution in [3.63, 3.8) is 0 Å². The van der Waals surface area contributed by atoms with Gasteiger partial charge in [0, 0.05) is 22.8 Å². The van der Waals surface area contributed by atoms with Gasteiger partial charge in [0.25, 0.3) is 10.0 Å². The van der Waals surface area contributed by atoms with Crippen LogP contribution in [0.15, 0.2) is 46.0 Å². The molecule has 2 heterocycles. The minimum Gasteiger partial charge on any atom is -0.275 e. The Bertz CT molecular complexity index is 976. The lowest BCUT2D eigenvalue weighted by Crippen LogP contribution is -2.13. The van der Waals surface area contributed by atoms with Crippen LogP contribution in [0.4, 0.5) is 5.82 Å². The van der Waals surface area contributed by atoms with Crippen molar-refractivity contribution in [2.24, 2.45) is 0 Å². The van der Waals surface area contributed by atoms with Crippen molar-refractivity contribution < 1.29 is 8.42 Å². The maximum absolute atomic E-state index is 12.6. The summed E-state index contributed by atoms with van der Waals surface area (Å²) >= 11 is 3.41. The van der Waals surface area contributed by atoms with Crippen molar-refractivity contribution in [3.8, 4) is 11.3 Å². The van der Waals surface area contributed by atoms with Gasteiger partial charge in [-0.1, -0.05) is 35.0 Å². The first-order valence-electron chi connectivity index (χ1n) is 7.83. The first kappa shape index (κ1) is 17.7. The number of hydrogen-bond acceptors (Lipinski definition) is 4. The summed E-state index contributed by atoms with van der Waals surface area (Å²) in [7, 11) is -3.73. The fourth-order valence-electron chi connectivity index (χ4n) is 2.49. The molecule has 132 valence electrons. The van der Waals surface area contributed by atoms with E-state index in [1.807, 2.05) is 38.1 Å². The molecule has 9 heteroatoms. The summed E-state index contributed by atoms with van der Waals surface area (Å²) in [6.07, 6.45) is 3.46. The molecule has 0 aliphatic heterocycles. The number of aromatic amines is 1. The van der Waals surface area contributed by atoms with E-state index in [1.54, 1.807) is 4.68 Å². The number of hydrogen-bond donors (Lipinski definition) is 2. The molecule has 7 nitrogen and oxygen atoms in total. The van der Waals surface area contributed by atoms with Crippen LogP contribution in [-0.2, 0) is 23.0 Å². The highest BCUT2D eigenvalue weighted by Crippen LogP contribution is 2.29. The minimum atomic E-state index is -3.73. The molecule has 0 bridgehead atoms. The molecular weight excluding hydrogens is 406 g/mol. The van der Waals surface area contributed by atoms with Gasteiger partial charge in [-0.15, -0.1) is 0 Å². The molecule has 0 radical (unpaired) electrons. The summed E-state index contributed by atoms with van der Waals surface area (Å²) in [5.74, 6) is 0.310. The summed E-state index contributed by atoms with van der Waals surface area (Å²) in [5.41, 5.74) is 2.56. The molecular formula is C16H18BrN5O2S. The van der Waals surface area contributed by atoms with Crippen molar-refractivity contribution >= 4 is 31.8 Å². The van der Waals surface area contributed by atoms with E-state index >= 15 is 0 Å². The fourth-order valence-corrected chi connectivity index (χ4v) is 3.74. The van der Waals surface area contributed by atoms with E-state index in [9.17, 15) is 8.42 Å². The standard InChI is InChI=1S/C16H18BrN5O2S/c1-3-14-15(11-5-7-12(17)8-6-11)19-20-16(14)21-25(23,24)13-9-18-22(4-2)10-13/h5-10H,3-4H2,1-2H3,(H2,19,20,21). The molecule has 25 heavy (non-hydrogen) atoms. The second kappa shape index (κ2) is 7.01. The second-order valence-electron chi connectivity index (χ2n) is 5.42. The van der Waals surface area contributed by atoms with Crippen LogP contribution >= 0.6 is 15.9 Å². The van der Waals surface area contributed by atoms with E-state index in [0.29, 0.717) is 18.8 Å². The van der Waals surface area contributed by atoms with Crippen molar-refractivity contribution in [2.45, 2.75) is 31.7 Å². The fraction of sp³-hybridized carbons (Fsp3) is 0.250. The minimum absolute atomic E-state index is 0.115. The van der Waals surface area contributed by atoms with Crippen LogP contribution in [0.1, 0.15) is 19.4 Å². The quantitative estimate of drug-likeness (QED) is 0.634. The maximum atomic E-state index is 12.6. The molecule has 0 aliphatic rings. The number of nitrogens with one attached hydrogen (secondary N) is 2. The van der Waals surface area contributed by atoms with E-state index in [4.69, 9.17) is 0 Å². The predicted molar refractivity (Wildman–Crippen MR) is 99.8 cm³/mol. The predicted octanol–water partition coefficient (Wildman–Crippen LogP) is 3.42. The van der Waals surface area contributed by atoms with Gasteiger partial charge in [-0.25, -0.2) is 8.42 Å². The number of nitrogens with zero attached hydrogens (tertiary/aromatic N) is 3. The number of H-pyrrole nitrogens is 1. The molecule has 0 amide bonds. The van der Waals surface area contributed by atoms with Gasteiger partial charge in [0.05, 0.1) is 11.9 Å². The number of aromatic nitrogens is 4. The van der Waals surface area contributed by atoms with E-state index in [2.05, 4.69) is 35.9 Å². The van der Waals surface area contributed by atoms with Gasteiger partial charge in [-0.2, -0.15) is 10.2 Å². The summed E-state index contributed by atoms with van der Waals surface area (Å²) in [4.78, 5) is 0.115. The van der Waals surface area contributed by atoms with Crippen LogP contribution in [0.5, 0.6) is 0 Å². The highest BCUT2D eigenvalue weighted by atomic mass is 79.9. The van der Waals surface area contributed by atoms with E-state index in [1.165, 1.54) is 12.4 Å². The lowest BCUT2D eigenvalue weighted by molar-refractivity contribution is 0.600. The summed E-state index contributed by atoms with van der Waals surface area (Å²) in [6, 6.07) is 7.75. The Morgan fingerprint density at radius 1 is 1.24 bits per heavy atom. The molecule has 0 aliphatic carbocycles. The number of benzene rings is 1. The highest BCUT2D eigenvalue weighted by molar-refractivity contribution is 9.10. The molecule has 0 saturated carbocycles. The van der Waals surface area contributed by atoms with Crippen LogP contribution in [-0.4, -0.2) is 28.4 Å². The zero-order valence-corrected chi connectivity index (χ0v) is 16.2. The van der Waals surface area contributed by atoms with Crippen molar-refractivity contribution in [2.75, 3.05) is 4.72 Å². The number of rotatable bonds is 6. The lowest BCUT2D eigenvalue weighted by atomic mass is 10.1. The van der Waals surface area contributed by atoms with Crippen LogP contribution in [0, 0.1) is 0 Å². The number of aryl methyl sites for hydroxylation is 1. The normalized spacial score (nSPS) is 11.6. The van der Waals surface area contributed by atoms with Gasteiger partial charge in [0.2, 0.25) is 0 Å². The van der Waals surface area contributed by atoms with Crippen molar-refractivity contribution in [1.82, 2.24) is 20.0 Å². The molecule has 3 aromatic rings. The first-order chi connectivity index (χ1) is 11.9. The van der Waals surface area contributed by atoms with Crippen LogP contribution < -0.4 is 4.72 Å².